The first-order chi connectivity index (χ1) is 24.2. The van der Waals surface area contributed by atoms with Crippen molar-refractivity contribution in [3.8, 4) is 0 Å². The van der Waals surface area contributed by atoms with Gasteiger partial charge in [-0.25, -0.2) is 18.2 Å². The summed E-state index contributed by atoms with van der Waals surface area (Å²) in [5.41, 5.74) is 9.21. The molecule has 6 heterocycles. The Balaban J connectivity index is 1.05. The van der Waals surface area contributed by atoms with E-state index in [4.69, 9.17) is 20.9 Å². The Morgan fingerprint density at radius 2 is 1.42 bits per heavy atom. The van der Waals surface area contributed by atoms with Gasteiger partial charge < -0.3 is 65.1 Å². The van der Waals surface area contributed by atoms with Crippen molar-refractivity contribution in [2.75, 3.05) is 24.7 Å². The van der Waals surface area contributed by atoms with E-state index in [1.165, 1.54) is 17.9 Å². The van der Waals surface area contributed by atoms with Crippen LogP contribution in [0.25, 0.3) is 22.3 Å². The molecule has 2 aliphatic rings. The summed E-state index contributed by atoms with van der Waals surface area (Å²) in [6, 6.07) is 0. The number of phosphoric acid groups is 3. The first kappa shape index (κ1) is 38.2. The van der Waals surface area contributed by atoms with Crippen molar-refractivity contribution in [2.24, 2.45) is 7.05 Å². The number of aliphatic hydroxyl groups excluding tert-OH is 4. The summed E-state index contributed by atoms with van der Waals surface area (Å²) in [5, 5.41) is 41.9. The topological polar surface area (TPSA) is 427 Å². The molecule has 2 aliphatic heterocycles. The summed E-state index contributed by atoms with van der Waals surface area (Å²) in [6.45, 7) is -2.39. The highest BCUT2D eigenvalue weighted by atomic mass is 31.3. The minimum absolute atomic E-state index is 0.0122. The number of ether oxygens (including phenoxy) is 2. The van der Waals surface area contributed by atoms with Gasteiger partial charge in [-0.15, -0.1) is 0 Å². The highest BCUT2D eigenvalue weighted by molar-refractivity contribution is 7.65. The molecule has 6 rings (SSSR count). The summed E-state index contributed by atoms with van der Waals surface area (Å²) in [5.74, 6) is -0.627. The molecule has 11 atom stereocenters. The number of rotatable bonds is 12. The number of fused-ring (bicyclic) bond motifs is 2. The van der Waals surface area contributed by atoms with Gasteiger partial charge in [-0.05, 0) is 0 Å². The summed E-state index contributed by atoms with van der Waals surface area (Å²) in [7, 11) is -17.0. The first-order valence-electron chi connectivity index (χ1n) is 14.3. The van der Waals surface area contributed by atoms with Crippen LogP contribution in [0.2, 0.25) is 0 Å². The average molecular weight is 800 g/mol. The van der Waals surface area contributed by atoms with Crippen molar-refractivity contribution in [1.29, 1.82) is 0 Å². The quantitative estimate of drug-likeness (QED) is 0.0488. The molecule has 0 radical (unpaired) electrons. The van der Waals surface area contributed by atoms with Crippen LogP contribution in [-0.4, -0.2) is 104 Å². The zero-order valence-electron chi connectivity index (χ0n) is 25.9. The van der Waals surface area contributed by atoms with Gasteiger partial charge in [0.05, 0.1) is 26.6 Å². The van der Waals surface area contributed by atoms with Crippen LogP contribution in [0.3, 0.4) is 0 Å². The maximum Gasteiger partial charge on any atom is 0.313 e. The van der Waals surface area contributed by atoms with E-state index in [-0.39, 0.29) is 34.2 Å². The molecular weight excluding hydrogens is 773 g/mol. The number of nitrogens with two attached hydrogens (primary N) is 2. The number of aliphatic hydroxyl groups is 4. The monoisotopic (exact) mass is 800 g/mol. The number of nitrogens with one attached hydrogen (secondary N) is 2. The van der Waals surface area contributed by atoms with E-state index < -0.39 is 96.9 Å². The highest BCUT2D eigenvalue weighted by Crippen LogP contribution is 2.63. The van der Waals surface area contributed by atoms with Gasteiger partial charge in [-0.3, -0.25) is 42.4 Å². The van der Waals surface area contributed by atoms with E-state index >= 15 is 0 Å². The maximum absolute atomic E-state index is 12.3. The van der Waals surface area contributed by atoms with Crippen molar-refractivity contribution in [3.63, 3.8) is 0 Å². The van der Waals surface area contributed by atoms with Crippen LogP contribution in [0.5, 0.6) is 0 Å². The van der Waals surface area contributed by atoms with Crippen LogP contribution in [-0.2, 0) is 47.9 Å². The van der Waals surface area contributed by atoms with Crippen LogP contribution in [0, 0.1) is 0 Å². The van der Waals surface area contributed by atoms with Gasteiger partial charge in [-0.1, -0.05) is 4.98 Å². The van der Waals surface area contributed by atoms with Crippen LogP contribution in [0.15, 0.2) is 22.2 Å². The van der Waals surface area contributed by atoms with E-state index in [0.29, 0.717) is 0 Å². The lowest BCUT2D eigenvalue weighted by atomic mass is 10.1. The minimum atomic E-state index is -6.38. The molecule has 0 saturated carbocycles. The molecule has 0 amide bonds. The zero-order valence-corrected chi connectivity index (χ0v) is 28.6. The number of imidazole rings is 2. The normalized spacial score (nSPS) is 30.1. The van der Waals surface area contributed by atoms with E-state index in [1.54, 1.807) is 0 Å². The standard InChI is InChI=1S/C21H29N10O18P3/c1-29-5-31(15-9(29)17(37)28-21(23)26-15)19-13(35)11(33)7(47-19)3-45-51(40,41)49-52(42,43)48-50(38,39)44-2-6-10(32)12(34)18(46-6)30-4-24-8-14(30)25-20(22)27-16(8)36/h4-7,10-13,18-19,32-35H,2-3H2,1H3,(H8-,22,23,25,26,27,28,36,37,38,39,40,41,42,43)/p-2/t6-,7-,10-,11-,12-,13+,18-,19-/m1/s1. The van der Waals surface area contributed by atoms with Gasteiger partial charge in [0, 0.05) is 0 Å². The van der Waals surface area contributed by atoms with Crippen LogP contribution < -0.4 is 41.8 Å². The number of aryl methyl sites for hydroxylation is 1. The first-order valence-corrected chi connectivity index (χ1v) is 18.7. The number of aromatic nitrogens is 8. The number of nitrogens with zero attached hydrogens (tertiary/aromatic N) is 6. The molecule has 3 unspecified atom stereocenters. The average Bonchev–Trinajstić information content (AvgIpc) is 3.74. The highest BCUT2D eigenvalue weighted by Gasteiger charge is 2.48. The third-order valence-corrected chi connectivity index (χ3v) is 11.8. The van der Waals surface area contributed by atoms with Crippen molar-refractivity contribution in [1.82, 2.24) is 34.1 Å². The molecule has 0 spiro atoms. The molecule has 0 aliphatic carbocycles. The van der Waals surface area contributed by atoms with Gasteiger partial charge in [-0.2, -0.15) is 4.98 Å². The molecule has 0 aromatic carbocycles. The number of hydrogen-bond acceptors (Lipinski definition) is 23. The smallest absolute Gasteiger partial charge is 0.313 e. The predicted octanol–water partition coefficient (Wildman–Crippen LogP) is -6.44. The molecule has 0 bridgehead atoms. The van der Waals surface area contributed by atoms with Gasteiger partial charge in [0.15, 0.2) is 23.7 Å². The number of H-pyrrole nitrogens is 2. The van der Waals surface area contributed by atoms with Gasteiger partial charge >= 0.3 is 5.65 Å². The number of phosphoric ester groups is 2. The van der Waals surface area contributed by atoms with Crippen molar-refractivity contribution in [2.45, 2.75) is 49.1 Å². The lowest BCUT2D eigenvalue weighted by molar-refractivity contribution is -0.745. The SMILES string of the molecule is Cn1c[n+]([C@@H]2O[C@H](COP(=O)([O-])OP(=O)([O-])OP(=O)([O-])OC[C@H]3O[C@@H](n4cnc5c(=O)[nH]c(N)nc54)[C@H](O)[C@@H]3O)[C@@H](O)[C@@H]2O)c2nc(N)[nH]c(=O)c21. The number of aromatic amines is 2. The number of anilines is 2. The second-order valence-corrected chi connectivity index (χ2v) is 15.7. The predicted molar refractivity (Wildman–Crippen MR) is 157 cm³/mol. The third kappa shape index (κ3) is 7.46. The Morgan fingerprint density at radius 3 is 2.06 bits per heavy atom. The molecule has 4 aromatic rings. The van der Waals surface area contributed by atoms with E-state index in [1.807, 2.05) is 0 Å². The fraction of sp³-hybridized carbons (Fsp3) is 0.524. The Bertz CT molecular complexity index is 2280. The van der Waals surface area contributed by atoms with Crippen LogP contribution in [0.1, 0.15) is 12.5 Å². The van der Waals surface area contributed by atoms with Crippen molar-refractivity contribution in [3.05, 3.63) is 33.4 Å². The minimum Gasteiger partial charge on any atom is -0.756 e. The van der Waals surface area contributed by atoms with E-state index in [0.717, 1.165) is 15.5 Å². The lowest BCUT2D eigenvalue weighted by Crippen LogP contribution is -2.46. The summed E-state index contributed by atoms with van der Waals surface area (Å²) < 4.78 is 67.5. The van der Waals surface area contributed by atoms with Gasteiger partial charge in [0.1, 0.15) is 36.6 Å². The molecule has 31 heteroatoms. The Kier molecular flexibility index (Phi) is 10.1. The molecule has 286 valence electrons. The van der Waals surface area contributed by atoms with Gasteiger partial charge in [0.2, 0.25) is 17.7 Å². The molecule has 2 saturated heterocycles. The molecular formula is C21H27N10O18P3-2. The largest absolute Gasteiger partial charge is 0.756 e. The number of hydrogen-bond donors (Lipinski definition) is 8. The van der Waals surface area contributed by atoms with Crippen LogP contribution >= 0.6 is 23.5 Å². The second-order valence-electron chi connectivity index (χ2n) is 11.2. The van der Waals surface area contributed by atoms with Crippen molar-refractivity contribution >= 4 is 57.7 Å². The number of nitrogen functional groups attached to an aromatic ring is 2. The van der Waals surface area contributed by atoms with E-state index in [2.05, 4.69) is 42.6 Å². The fourth-order valence-electron chi connectivity index (χ4n) is 5.41. The summed E-state index contributed by atoms with van der Waals surface area (Å²) in [4.78, 5) is 77.3. The summed E-state index contributed by atoms with van der Waals surface area (Å²) >= 11 is 0. The molecule has 2 fully saturated rings. The fourth-order valence-corrected chi connectivity index (χ4v) is 8.80. The molecule has 28 nitrogen and oxygen atoms in total. The lowest BCUT2D eigenvalue weighted by Gasteiger charge is -2.34. The Hall–Kier alpha value is -3.53. The molecule has 52 heavy (non-hydrogen) atoms. The maximum atomic E-state index is 12.3. The molecule has 4 aromatic heterocycles. The molecule has 10 N–H and O–H groups in total. The van der Waals surface area contributed by atoms with Crippen molar-refractivity contribution < 1.29 is 80.5 Å². The second kappa shape index (κ2) is 13.7. The van der Waals surface area contributed by atoms with E-state index in [9.17, 15) is 58.4 Å². The zero-order chi connectivity index (χ0) is 38.1. The van der Waals surface area contributed by atoms with Gasteiger partial charge in [0.25, 0.3) is 40.5 Å². The third-order valence-electron chi connectivity index (χ3n) is 7.66. The summed E-state index contributed by atoms with van der Waals surface area (Å²) in [6.07, 6.45) is -11.5. The van der Waals surface area contributed by atoms with Crippen LogP contribution in [0.4, 0.5) is 11.9 Å². The Labute approximate surface area is 286 Å². The Morgan fingerprint density at radius 1 is 0.865 bits per heavy atom.